The predicted molar refractivity (Wildman–Crippen MR) is 155 cm³/mol. The molecule has 6 heterocycles. The molecule has 6 atom stereocenters. The summed E-state index contributed by atoms with van der Waals surface area (Å²) in [6.07, 6.45) is 23.9. The van der Waals surface area contributed by atoms with Crippen LogP contribution >= 0.6 is 0 Å². The van der Waals surface area contributed by atoms with E-state index in [9.17, 15) is 0 Å². The fourth-order valence-electron chi connectivity index (χ4n) is 6.77. The second kappa shape index (κ2) is 21.3. The Morgan fingerprint density at radius 1 is 0.263 bits per heavy atom. The van der Waals surface area contributed by atoms with E-state index in [1.807, 2.05) is 0 Å². The normalized spacial score (nSPS) is 36.0. The monoisotopic (exact) mass is 591 g/mol. The Kier molecular flexibility index (Phi) is 19.5. The van der Waals surface area contributed by atoms with Crippen molar-refractivity contribution in [2.45, 2.75) is 152 Å². The predicted octanol–water partition coefficient (Wildman–Crippen LogP) is 5.52. The molecule has 6 aliphatic heterocycles. The standard InChI is InChI=1S/3C10H18N2.ClH.Ni/c3*1-3-7-11-9(5-1)10-6-2-4-8-12-10;;/h3*9-10H,1-8H2;1H;/q3*-2;;/p-1. The molecule has 0 aromatic carbocycles. The van der Waals surface area contributed by atoms with Gasteiger partial charge >= 0.3 is 0 Å². The molecular formula is C30H54ClN6Ni-7. The van der Waals surface area contributed by atoms with Crippen molar-refractivity contribution < 1.29 is 28.9 Å². The maximum Gasteiger partial charge on any atom is 0 e. The molecule has 0 N–H and O–H groups in total. The van der Waals surface area contributed by atoms with Crippen LogP contribution in [0.2, 0.25) is 0 Å². The molecule has 228 valence electrons. The molecule has 0 aromatic rings. The Bertz CT molecular complexity index is 413. The van der Waals surface area contributed by atoms with Gasteiger partial charge in [0.05, 0.1) is 0 Å². The van der Waals surface area contributed by atoms with Gasteiger partial charge in [-0.05, 0) is 0 Å². The second-order valence-corrected chi connectivity index (χ2v) is 11.8. The van der Waals surface area contributed by atoms with E-state index in [2.05, 4.69) is 31.9 Å². The molecule has 8 heteroatoms. The van der Waals surface area contributed by atoms with E-state index in [0.717, 1.165) is 39.3 Å². The Hall–Kier alpha value is 0.544. The maximum absolute atomic E-state index is 4.66. The van der Waals surface area contributed by atoms with Gasteiger partial charge in [-0.15, -0.1) is 39.3 Å². The van der Waals surface area contributed by atoms with Crippen LogP contribution in [0.3, 0.4) is 0 Å². The third-order valence-corrected chi connectivity index (χ3v) is 8.96. The van der Waals surface area contributed by atoms with Crippen molar-refractivity contribution >= 4 is 0 Å². The minimum Gasteiger partial charge on any atom is -1.00 e. The van der Waals surface area contributed by atoms with E-state index < -0.39 is 0 Å². The summed E-state index contributed by atoms with van der Waals surface area (Å²) in [7, 11) is 0. The molecule has 38 heavy (non-hydrogen) atoms. The van der Waals surface area contributed by atoms with E-state index >= 15 is 0 Å². The fraction of sp³-hybridized carbons (Fsp3) is 1.00. The third kappa shape index (κ3) is 12.6. The second-order valence-electron chi connectivity index (χ2n) is 11.8. The zero-order chi connectivity index (χ0) is 24.7. The van der Waals surface area contributed by atoms with Crippen molar-refractivity contribution in [1.29, 1.82) is 0 Å². The molecule has 0 bridgehead atoms. The average molecular weight is 593 g/mol. The number of rotatable bonds is 3. The third-order valence-electron chi connectivity index (χ3n) is 8.96. The summed E-state index contributed by atoms with van der Waals surface area (Å²) in [5, 5.41) is 28.0. The molecular weight excluding hydrogens is 539 g/mol. The van der Waals surface area contributed by atoms with Crippen molar-refractivity contribution in [3.05, 3.63) is 31.9 Å². The Morgan fingerprint density at radius 3 is 0.526 bits per heavy atom. The summed E-state index contributed by atoms with van der Waals surface area (Å²) in [5.41, 5.74) is 0. The van der Waals surface area contributed by atoms with Gasteiger partial charge in [-0.25, -0.2) is 0 Å². The SMILES string of the molecule is C1CCC(C2CCCC[N-]2)[N-]C1.C1CCC(C2CCCC[N-]2)[N-]C1.C1CCC(C2CCCC[N-]2)[N-]C1.[Cl-].[Ni]. The van der Waals surface area contributed by atoms with Gasteiger partial charge in [0.15, 0.2) is 0 Å². The van der Waals surface area contributed by atoms with Gasteiger partial charge in [0.25, 0.3) is 0 Å². The molecule has 0 saturated carbocycles. The summed E-state index contributed by atoms with van der Waals surface area (Å²) >= 11 is 0. The molecule has 6 saturated heterocycles. The van der Waals surface area contributed by atoms with Crippen LogP contribution in [-0.4, -0.2) is 75.5 Å². The quantitative estimate of drug-likeness (QED) is 0.387. The first-order valence-corrected chi connectivity index (χ1v) is 15.9. The number of piperidine rings is 6. The fourth-order valence-corrected chi connectivity index (χ4v) is 6.77. The van der Waals surface area contributed by atoms with Crippen LogP contribution in [0.4, 0.5) is 0 Å². The first kappa shape index (κ1) is 34.7. The molecule has 6 rings (SSSR count). The smallest absolute Gasteiger partial charge is 0 e. The van der Waals surface area contributed by atoms with Crippen LogP contribution in [-0.2, 0) is 16.5 Å². The summed E-state index contributed by atoms with van der Waals surface area (Å²) in [6.45, 7) is 6.56. The van der Waals surface area contributed by atoms with Gasteiger partial charge in [-0.1, -0.05) is 116 Å². The van der Waals surface area contributed by atoms with Gasteiger partial charge < -0.3 is 44.3 Å². The largest absolute Gasteiger partial charge is 1.00 e. The van der Waals surface area contributed by atoms with Crippen molar-refractivity contribution in [3.8, 4) is 0 Å². The maximum atomic E-state index is 4.66. The number of hydrogen-bond donors (Lipinski definition) is 0. The first-order chi connectivity index (χ1) is 17.9. The minimum atomic E-state index is 0. The van der Waals surface area contributed by atoms with Crippen LogP contribution in [0, 0.1) is 0 Å². The summed E-state index contributed by atoms with van der Waals surface area (Å²) < 4.78 is 0. The molecule has 0 spiro atoms. The Labute approximate surface area is 251 Å². The summed E-state index contributed by atoms with van der Waals surface area (Å²) in [4.78, 5) is 0. The zero-order valence-electron chi connectivity index (χ0n) is 23.8. The summed E-state index contributed by atoms with van der Waals surface area (Å²) in [5.74, 6) is 0. The first-order valence-electron chi connectivity index (χ1n) is 15.9. The van der Waals surface area contributed by atoms with E-state index in [-0.39, 0.29) is 28.9 Å². The van der Waals surface area contributed by atoms with Crippen LogP contribution in [0.25, 0.3) is 31.9 Å². The molecule has 6 fully saturated rings. The van der Waals surface area contributed by atoms with Crippen molar-refractivity contribution in [2.75, 3.05) is 39.3 Å². The number of nitrogens with zero attached hydrogens (tertiary/aromatic N) is 6. The van der Waals surface area contributed by atoms with E-state index in [1.54, 1.807) is 0 Å². The van der Waals surface area contributed by atoms with Gasteiger partial charge in [0, 0.05) is 16.5 Å². The molecule has 0 radical (unpaired) electrons. The van der Waals surface area contributed by atoms with E-state index in [0.29, 0.717) is 36.3 Å². The minimum absolute atomic E-state index is 0. The van der Waals surface area contributed by atoms with E-state index in [4.69, 9.17) is 0 Å². The van der Waals surface area contributed by atoms with Crippen LogP contribution in [0.1, 0.15) is 116 Å². The molecule has 6 aliphatic rings. The Morgan fingerprint density at radius 2 is 0.421 bits per heavy atom. The molecule has 6 unspecified atom stereocenters. The van der Waals surface area contributed by atoms with Crippen LogP contribution in [0.5, 0.6) is 0 Å². The topological polar surface area (TPSA) is 84.6 Å². The Balaban J connectivity index is 0.000000195. The molecule has 6 nitrogen and oxygen atoms in total. The number of hydrogen-bond acceptors (Lipinski definition) is 0. The zero-order valence-corrected chi connectivity index (χ0v) is 25.6. The van der Waals surface area contributed by atoms with Crippen molar-refractivity contribution in [3.63, 3.8) is 0 Å². The van der Waals surface area contributed by atoms with Gasteiger partial charge in [0.2, 0.25) is 0 Å². The average Bonchev–Trinajstić information content (AvgIpc) is 3.01. The van der Waals surface area contributed by atoms with Gasteiger partial charge in [-0.3, -0.25) is 0 Å². The van der Waals surface area contributed by atoms with E-state index in [1.165, 1.54) is 116 Å². The number of halogens is 1. The van der Waals surface area contributed by atoms with Gasteiger partial charge in [-0.2, -0.15) is 36.3 Å². The van der Waals surface area contributed by atoms with Crippen molar-refractivity contribution in [2.24, 2.45) is 0 Å². The van der Waals surface area contributed by atoms with Crippen LogP contribution < -0.4 is 12.4 Å². The van der Waals surface area contributed by atoms with Gasteiger partial charge in [0.1, 0.15) is 0 Å². The summed E-state index contributed by atoms with van der Waals surface area (Å²) in [6, 6.07) is 3.58. The molecule has 0 amide bonds. The molecule has 0 aromatic heterocycles. The molecule has 0 aliphatic carbocycles. The van der Waals surface area contributed by atoms with Crippen LogP contribution in [0.15, 0.2) is 0 Å². The van der Waals surface area contributed by atoms with Crippen molar-refractivity contribution in [1.82, 2.24) is 0 Å².